The minimum atomic E-state index is -1.02. The fraction of sp³-hybridized carbons (Fsp3) is 0.467. The number of carbonyl (C=O) groups excluding carboxylic acids is 1. The molecule has 0 bridgehead atoms. The fourth-order valence-electron chi connectivity index (χ4n) is 2.45. The monoisotopic (exact) mass is 277 g/mol. The highest BCUT2D eigenvalue weighted by Gasteiger charge is 2.46. The Labute approximate surface area is 118 Å². The average Bonchev–Trinajstić information content (AvgIpc) is 2.66. The number of carboxylic acid groups (broad SMARTS) is 1. The first kappa shape index (κ1) is 14.4. The standard InChI is InChI=1S/C15H19NO4/c1-10(2)8-12-13(14(17)18)16(15(19)20-12)9-11-6-4-3-5-7-11/h3-7,10,12-13H,8-9H2,1-2H3,(H,17,18)/t12-,13+/m0/s1. The predicted molar refractivity (Wildman–Crippen MR) is 73.1 cm³/mol. The molecule has 1 amide bonds. The highest BCUT2D eigenvalue weighted by atomic mass is 16.6. The highest BCUT2D eigenvalue weighted by molar-refractivity contribution is 5.83. The van der Waals surface area contributed by atoms with Gasteiger partial charge in [-0.2, -0.15) is 0 Å². The molecule has 2 atom stereocenters. The Morgan fingerprint density at radius 2 is 2.00 bits per heavy atom. The molecule has 0 aromatic heterocycles. The van der Waals surface area contributed by atoms with Crippen molar-refractivity contribution in [1.82, 2.24) is 4.90 Å². The van der Waals surface area contributed by atoms with Crippen molar-refractivity contribution >= 4 is 12.1 Å². The SMILES string of the molecule is CC(C)C[C@@H]1OC(=O)N(Cc2ccccc2)[C@H]1C(=O)O. The van der Waals surface area contributed by atoms with Crippen LogP contribution < -0.4 is 0 Å². The molecule has 1 fully saturated rings. The Kier molecular flexibility index (Phi) is 4.27. The summed E-state index contributed by atoms with van der Waals surface area (Å²) in [7, 11) is 0. The molecule has 0 saturated carbocycles. The molecule has 1 saturated heterocycles. The molecule has 2 rings (SSSR count). The van der Waals surface area contributed by atoms with Crippen LogP contribution in [-0.4, -0.2) is 34.2 Å². The van der Waals surface area contributed by atoms with E-state index in [9.17, 15) is 14.7 Å². The quantitative estimate of drug-likeness (QED) is 0.898. The molecule has 0 spiro atoms. The van der Waals surface area contributed by atoms with Crippen LogP contribution >= 0.6 is 0 Å². The van der Waals surface area contributed by atoms with E-state index in [1.165, 1.54) is 4.90 Å². The molecular weight excluding hydrogens is 258 g/mol. The Hall–Kier alpha value is -2.04. The molecule has 1 heterocycles. The second kappa shape index (κ2) is 5.94. The van der Waals surface area contributed by atoms with Gasteiger partial charge >= 0.3 is 12.1 Å². The average molecular weight is 277 g/mol. The number of carboxylic acids is 1. The number of carbonyl (C=O) groups is 2. The molecule has 1 N–H and O–H groups in total. The second-order valence-electron chi connectivity index (χ2n) is 5.45. The normalized spacial score (nSPS) is 22.1. The lowest BCUT2D eigenvalue weighted by Crippen LogP contribution is -2.42. The Balaban J connectivity index is 2.17. The first-order valence-electron chi connectivity index (χ1n) is 6.73. The smallest absolute Gasteiger partial charge is 0.411 e. The third kappa shape index (κ3) is 3.10. The summed E-state index contributed by atoms with van der Waals surface area (Å²) in [6, 6.07) is 8.41. The zero-order valence-corrected chi connectivity index (χ0v) is 11.7. The molecule has 1 aliphatic rings. The lowest BCUT2D eigenvalue weighted by atomic mass is 9.99. The lowest BCUT2D eigenvalue weighted by molar-refractivity contribution is -0.143. The summed E-state index contributed by atoms with van der Waals surface area (Å²) in [5, 5.41) is 9.39. The van der Waals surface area contributed by atoms with Gasteiger partial charge < -0.3 is 9.84 Å². The van der Waals surface area contributed by atoms with Gasteiger partial charge in [-0.3, -0.25) is 4.90 Å². The van der Waals surface area contributed by atoms with Gasteiger partial charge in [-0.25, -0.2) is 9.59 Å². The number of nitrogens with zero attached hydrogens (tertiary/aromatic N) is 1. The van der Waals surface area contributed by atoms with Crippen molar-refractivity contribution < 1.29 is 19.4 Å². The van der Waals surface area contributed by atoms with E-state index in [0.717, 1.165) is 5.56 Å². The van der Waals surface area contributed by atoms with Gasteiger partial charge in [0.1, 0.15) is 6.10 Å². The minimum absolute atomic E-state index is 0.255. The lowest BCUT2D eigenvalue weighted by Gasteiger charge is -2.21. The summed E-state index contributed by atoms with van der Waals surface area (Å²) in [5.41, 5.74) is 0.890. The van der Waals surface area contributed by atoms with Crippen molar-refractivity contribution in [2.24, 2.45) is 5.92 Å². The van der Waals surface area contributed by atoms with Gasteiger partial charge in [-0.1, -0.05) is 44.2 Å². The maximum absolute atomic E-state index is 11.9. The molecule has 1 aromatic carbocycles. The van der Waals surface area contributed by atoms with E-state index in [1.807, 2.05) is 44.2 Å². The second-order valence-corrected chi connectivity index (χ2v) is 5.45. The van der Waals surface area contributed by atoms with Gasteiger partial charge in [0.15, 0.2) is 6.04 Å². The van der Waals surface area contributed by atoms with Crippen LogP contribution in [0.25, 0.3) is 0 Å². The van der Waals surface area contributed by atoms with Crippen LogP contribution in [0.2, 0.25) is 0 Å². The molecule has 0 aliphatic carbocycles. The highest BCUT2D eigenvalue weighted by Crippen LogP contribution is 2.26. The van der Waals surface area contributed by atoms with Gasteiger partial charge in [-0.05, 0) is 17.9 Å². The van der Waals surface area contributed by atoms with Gasteiger partial charge in [0.05, 0.1) is 6.54 Å². The zero-order chi connectivity index (χ0) is 14.7. The molecular formula is C15H19NO4. The number of hydrogen-bond donors (Lipinski definition) is 1. The van der Waals surface area contributed by atoms with E-state index in [4.69, 9.17) is 4.74 Å². The van der Waals surface area contributed by atoms with E-state index >= 15 is 0 Å². The maximum Gasteiger partial charge on any atom is 0.411 e. The third-order valence-corrected chi connectivity index (χ3v) is 3.33. The number of rotatable bonds is 5. The van der Waals surface area contributed by atoms with Gasteiger partial charge in [0.2, 0.25) is 0 Å². The first-order chi connectivity index (χ1) is 9.49. The van der Waals surface area contributed by atoms with Crippen LogP contribution in [0, 0.1) is 5.92 Å². The summed E-state index contributed by atoms with van der Waals surface area (Å²) in [6.45, 7) is 4.21. The van der Waals surface area contributed by atoms with Crippen LogP contribution in [-0.2, 0) is 16.1 Å². The molecule has 0 radical (unpaired) electrons. The Morgan fingerprint density at radius 1 is 1.35 bits per heavy atom. The zero-order valence-electron chi connectivity index (χ0n) is 11.7. The molecule has 5 heteroatoms. The summed E-state index contributed by atoms with van der Waals surface area (Å²) in [5.74, 6) is -0.747. The van der Waals surface area contributed by atoms with E-state index in [1.54, 1.807) is 0 Å². The largest absolute Gasteiger partial charge is 0.480 e. The summed E-state index contributed by atoms with van der Waals surface area (Å²) < 4.78 is 5.24. The van der Waals surface area contributed by atoms with E-state index in [2.05, 4.69) is 0 Å². The Morgan fingerprint density at radius 3 is 2.55 bits per heavy atom. The summed E-state index contributed by atoms with van der Waals surface area (Å²) in [6.07, 6.45) is -0.579. The van der Waals surface area contributed by atoms with Crippen LogP contribution in [0.3, 0.4) is 0 Å². The minimum Gasteiger partial charge on any atom is -0.480 e. The van der Waals surface area contributed by atoms with Crippen molar-refractivity contribution in [3.05, 3.63) is 35.9 Å². The van der Waals surface area contributed by atoms with E-state index in [0.29, 0.717) is 6.42 Å². The van der Waals surface area contributed by atoms with Gasteiger partial charge in [-0.15, -0.1) is 0 Å². The van der Waals surface area contributed by atoms with Crippen molar-refractivity contribution in [2.45, 2.75) is 39.0 Å². The molecule has 1 aromatic rings. The molecule has 0 unspecified atom stereocenters. The summed E-state index contributed by atoms with van der Waals surface area (Å²) >= 11 is 0. The Bertz CT molecular complexity index is 486. The topological polar surface area (TPSA) is 66.8 Å². The molecule has 5 nitrogen and oxygen atoms in total. The van der Waals surface area contributed by atoms with Crippen molar-refractivity contribution in [3.8, 4) is 0 Å². The third-order valence-electron chi connectivity index (χ3n) is 3.33. The maximum atomic E-state index is 11.9. The van der Waals surface area contributed by atoms with Crippen LogP contribution in [0.5, 0.6) is 0 Å². The molecule has 108 valence electrons. The number of benzene rings is 1. The molecule has 1 aliphatic heterocycles. The number of hydrogen-bond acceptors (Lipinski definition) is 3. The predicted octanol–water partition coefficient (Wildman–Crippen LogP) is 2.51. The number of ether oxygens (including phenoxy) is 1. The number of cyclic esters (lactones) is 1. The van der Waals surface area contributed by atoms with Crippen molar-refractivity contribution in [3.63, 3.8) is 0 Å². The summed E-state index contributed by atoms with van der Waals surface area (Å²) in [4.78, 5) is 24.7. The fourth-order valence-corrected chi connectivity index (χ4v) is 2.45. The van der Waals surface area contributed by atoms with E-state index in [-0.39, 0.29) is 12.5 Å². The van der Waals surface area contributed by atoms with Crippen molar-refractivity contribution in [1.29, 1.82) is 0 Å². The van der Waals surface area contributed by atoms with Gasteiger partial charge in [0, 0.05) is 0 Å². The molecule has 20 heavy (non-hydrogen) atoms. The number of aliphatic carboxylic acids is 1. The van der Waals surface area contributed by atoms with E-state index < -0.39 is 24.2 Å². The van der Waals surface area contributed by atoms with Crippen LogP contribution in [0.1, 0.15) is 25.8 Å². The van der Waals surface area contributed by atoms with Crippen LogP contribution in [0.15, 0.2) is 30.3 Å². The first-order valence-corrected chi connectivity index (χ1v) is 6.73. The number of amides is 1. The van der Waals surface area contributed by atoms with Crippen molar-refractivity contribution in [2.75, 3.05) is 0 Å². The van der Waals surface area contributed by atoms with Gasteiger partial charge in [0.25, 0.3) is 0 Å². The van der Waals surface area contributed by atoms with Crippen LogP contribution in [0.4, 0.5) is 4.79 Å².